The quantitative estimate of drug-likeness (QED) is 0.921. The van der Waals surface area contributed by atoms with Crippen molar-refractivity contribution in [1.82, 2.24) is 4.90 Å². The standard InChI is InChI=1S/C15H20F2N2O/c1-19(9-11-5-6-12(16)7-14(11)17)15(20)13-4-2-3-10(13)8-18/h5-7,10,13H,2-4,8-9,18H2,1H3. The van der Waals surface area contributed by atoms with Crippen molar-refractivity contribution in [2.24, 2.45) is 17.6 Å². The van der Waals surface area contributed by atoms with Crippen molar-refractivity contribution in [3.05, 3.63) is 35.4 Å². The Balaban J connectivity index is 2.04. The van der Waals surface area contributed by atoms with Crippen LogP contribution >= 0.6 is 0 Å². The lowest BCUT2D eigenvalue weighted by Gasteiger charge is -2.24. The summed E-state index contributed by atoms with van der Waals surface area (Å²) < 4.78 is 26.4. The molecule has 0 spiro atoms. The van der Waals surface area contributed by atoms with Crippen LogP contribution in [0.15, 0.2) is 18.2 Å². The van der Waals surface area contributed by atoms with Gasteiger partial charge in [-0.15, -0.1) is 0 Å². The van der Waals surface area contributed by atoms with Gasteiger partial charge in [0.1, 0.15) is 11.6 Å². The minimum absolute atomic E-state index is 0.00155. The van der Waals surface area contributed by atoms with Crippen LogP contribution in [0.4, 0.5) is 8.78 Å². The monoisotopic (exact) mass is 282 g/mol. The molecular formula is C15H20F2N2O. The lowest BCUT2D eigenvalue weighted by Crippen LogP contribution is -2.36. The second-order valence-corrected chi connectivity index (χ2v) is 5.46. The van der Waals surface area contributed by atoms with Gasteiger partial charge in [-0.1, -0.05) is 12.5 Å². The summed E-state index contributed by atoms with van der Waals surface area (Å²) in [6.45, 7) is 0.661. The number of carbonyl (C=O) groups is 1. The Hall–Kier alpha value is -1.49. The molecule has 1 amide bonds. The maximum absolute atomic E-state index is 13.6. The summed E-state index contributed by atoms with van der Waals surface area (Å²) in [5, 5.41) is 0. The molecular weight excluding hydrogens is 262 g/mol. The third kappa shape index (κ3) is 3.15. The van der Waals surface area contributed by atoms with E-state index in [1.165, 1.54) is 17.0 Å². The molecule has 1 fully saturated rings. The van der Waals surface area contributed by atoms with Gasteiger partial charge in [-0.2, -0.15) is 0 Å². The third-order valence-electron chi connectivity index (χ3n) is 4.08. The fourth-order valence-electron chi connectivity index (χ4n) is 2.91. The topological polar surface area (TPSA) is 46.3 Å². The lowest BCUT2D eigenvalue weighted by atomic mass is 9.95. The van der Waals surface area contributed by atoms with Gasteiger partial charge in [0, 0.05) is 31.1 Å². The summed E-state index contributed by atoms with van der Waals surface area (Å²) in [4.78, 5) is 13.9. The fraction of sp³-hybridized carbons (Fsp3) is 0.533. The molecule has 0 aliphatic heterocycles. The van der Waals surface area contributed by atoms with Crippen LogP contribution in [0.2, 0.25) is 0 Å². The maximum Gasteiger partial charge on any atom is 0.226 e. The predicted molar refractivity (Wildman–Crippen MR) is 72.7 cm³/mol. The van der Waals surface area contributed by atoms with Gasteiger partial charge in [0.15, 0.2) is 0 Å². The van der Waals surface area contributed by atoms with E-state index in [1.807, 2.05) is 0 Å². The van der Waals surface area contributed by atoms with Crippen LogP contribution in [-0.2, 0) is 11.3 Å². The Morgan fingerprint density at radius 1 is 1.40 bits per heavy atom. The van der Waals surface area contributed by atoms with Crippen molar-refractivity contribution in [3.63, 3.8) is 0 Å². The molecule has 0 radical (unpaired) electrons. The number of benzene rings is 1. The number of hydrogen-bond donors (Lipinski definition) is 1. The summed E-state index contributed by atoms with van der Waals surface area (Å²) >= 11 is 0. The largest absolute Gasteiger partial charge is 0.341 e. The van der Waals surface area contributed by atoms with Crippen molar-refractivity contribution in [3.8, 4) is 0 Å². The van der Waals surface area contributed by atoms with E-state index < -0.39 is 11.6 Å². The number of carbonyl (C=O) groups excluding carboxylic acids is 1. The smallest absolute Gasteiger partial charge is 0.226 e. The van der Waals surface area contributed by atoms with E-state index in [9.17, 15) is 13.6 Å². The Morgan fingerprint density at radius 3 is 2.80 bits per heavy atom. The minimum Gasteiger partial charge on any atom is -0.341 e. The SMILES string of the molecule is CN(Cc1ccc(F)cc1F)C(=O)C1CCCC1CN. The van der Waals surface area contributed by atoms with Gasteiger partial charge in [0.05, 0.1) is 0 Å². The van der Waals surface area contributed by atoms with E-state index in [0.29, 0.717) is 12.1 Å². The average Bonchev–Trinajstić information content (AvgIpc) is 2.89. The molecule has 1 aliphatic rings. The van der Waals surface area contributed by atoms with Gasteiger partial charge in [0.2, 0.25) is 5.91 Å². The molecule has 20 heavy (non-hydrogen) atoms. The first kappa shape index (κ1) is 14.9. The number of hydrogen-bond acceptors (Lipinski definition) is 2. The number of rotatable bonds is 4. The minimum atomic E-state index is -0.619. The van der Waals surface area contributed by atoms with E-state index in [0.717, 1.165) is 25.3 Å². The van der Waals surface area contributed by atoms with Crippen LogP contribution in [0.5, 0.6) is 0 Å². The highest BCUT2D eigenvalue weighted by molar-refractivity contribution is 5.79. The summed E-state index contributed by atoms with van der Waals surface area (Å²) in [5.74, 6) is -1.07. The first-order chi connectivity index (χ1) is 9.52. The molecule has 1 saturated carbocycles. The molecule has 2 unspecified atom stereocenters. The summed E-state index contributed by atoms with van der Waals surface area (Å²) in [6.07, 6.45) is 2.83. The molecule has 2 rings (SSSR count). The van der Waals surface area contributed by atoms with Gasteiger partial charge < -0.3 is 10.6 Å². The highest BCUT2D eigenvalue weighted by Gasteiger charge is 2.33. The zero-order valence-electron chi connectivity index (χ0n) is 11.6. The molecule has 2 N–H and O–H groups in total. The molecule has 110 valence electrons. The molecule has 1 aliphatic carbocycles. The molecule has 1 aromatic rings. The van der Waals surface area contributed by atoms with Crippen molar-refractivity contribution in [2.45, 2.75) is 25.8 Å². The zero-order valence-corrected chi connectivity index (χ0v) is 11.6. The van der Waals surface area contributed by atoms with Crippen LogP contribution in [0.25, 0.3) is 0 Å². The first-order valence-corrected chi connectivity index (χ1v) is 6.92. The second-order valence-electron chi connectivity index (χ2n) is 5.46. The van der Waals surface area contributed by atoms with E-state index in [1.54, 1.807) is 7.05 Å². The Morgan fingerprint density at radius 2 is 2.15 bits per heavy atom. The average molecular weight is 282 g/mol. The molecule has 0 saturated heterocycles. The van der Waals surface area contributed by atoms with Crippen molar-refractivity contribution in [1.29, 1.82) is 0 Å². The normalized spacial score (nSPS) is 22.0. The molecule has 2 atom stereocenters. The fourth-order valence-corrected chi connectivity index (χ4v) is 2.91. The highest BCUT2D eigenvalue weighted by atomic mass is 19.1. The molecule has 0 bridgehead atoms. The Bertz CT molecular complexity index is 493. The Labute approximate surface area is 117 Å². The summed E-state index contributed by atoms with van der Waals surface area (Å²) in [6, 6.07) is 3.42. The lowest BCUT2D eigenvalue weighted by molar-refractivity contribution is -0.135. The highest BCUT2D eigenvalue weighted by Crippen LogP contribution is 2.32. The van der Waals surface area contributed by atoms with Crippen molar-refractivity contribution < 1.29 is 13.6 Å². The summed E-state index contributed by atoms with van der Waals surface area (Å²) in [5.41, 5.74) is 6.01. The number of amides is 1. The van der Waals surface area contributed by atoms with Gasteiger partial charge in [0.25, 0.3) is 0 Å². The van der Waals surface area contributed by atoms with Gasteiger partial charge >= 0.3 is 0 Å². The Kier molecular flexibility index (Phi) is 4.70. The molecule has 0 aromatic heterocycles. The van der Waals surface area contributed by atoms with E-state index in [2.05, 4.69) is 0 Å². The summed E-state index contributed by atoms with van der Waals surface area (Å²) in [7, 11) is 1.65. The van der Waals surface area contributed by atoms with Crippen LogP contribution in [0, 0.1) is 23.5 Å². The maximum atomic E-state index is 13.6. The van der Waals surface area contributed by atoms with Crippen LogP contribution in [0.3, 0.4) is 0 Å². The van der Waals surface area contributed by atoms with Crippen LogP contribution < -0.4 is 5.73 Å². The zero-order chi connectivity index (χ0) is 14.7. The predicted octanol–water partition coefficient (Wildman–Crippen LogP) is 2.30. The molecule has 3 nitrogen and oxygen atoms in total. The van der Waals surface area contributed by atoms with Crippen LogP contribution in [0.1, 0.15) is 24.8 Å². The number of nitrogens with zero attached hydrogens (tertiary/aromatic N) is 1. The van der Waals surface area contributed by atoms with Gasteiger partial charge in [-0.25, -0.2) is 8.78 Å². The van der Waals surface area contributed by atoms with Crippen LogP contribution in [-0.4, -0.2) is 24.4 Å². The van der Waals surface area contributed by atoms with Gasteiger partial charge in [-0.05, 0) is 31.4 Å². The van der Waals surface area contributed by atoms with Crippen molar-refractivity contribution in [2.75, 3.05) is 13.6 Å². The number of halogens is 2. The molecule has 0 heterocycles. The van der Waals surface area contributed by atoms with Crippen molar-refractivity contribution >= 4 is 5.91 Å². The second kappa shape index (κ2) is 6.31. The van der Waals surface area contributed by atoms with E-state index in [-0.39, 0.29) is 24.3 Å². The third-order valence-corrected chi connectivity index (χ3v) is 4.08. The molecule has 5 heteroatoms. The molecule has 1 aromatic carbocycles. The first-order valence-electron chi connectivity index (χ1n) is 6.92. The van der Waals surface area contributed by atoms with Gasteiger partial charge in [-0.3, -0.25) is 4.79 Å². The van der Waals surface area contributed by atoms with E-state index >= 15 is 0 Å². The number of nitrogens with two attached hydrogens (primary N) is 1. The van der Waals surface area contributed by atoms with E-state index in [4.69, 9.17) is 5.73 Å².